The lowest BCUT2D eigenvalue weighted by Gasteiger charge is -2.43. The van der Waals surface area contributed by atoms with E-state index in [4.69, 9.17) is 6.42 Å². The third kappa shape index (κ3) is 9.37. The molecule has 1 heterocycles. The Hall–Kier alpha value is -3.44. The fourth-order valence-corrected chi connectivity index (χ4v) is 9.09. The molecule has 6 atom stereocenters. The van der Waals surface area contributed by atoms with E-state index in [0.29, 0.717) is 19.4 Å². The van der Waals surface area contributed by atoms with Crippen molar-refractivity contribution in [2.45, 2.75) is 122 Å². The van der Waals surface area contributed by atoms with E-state index in [9.17, 15) is 27.6 Å². The minimum absolute atomic E-state index is 0.0383. The summed E-state index contributed by atoms with van der Waals surface area (Å²) in [4.78, 5) is 70.8. The first kappa shape index (κ1) is 41.3. The Morgan fingerprint density at radius 2 is 1.69 bits per heavy atom. The number of hydrogen-bond donors (Lipinski definition) is 4. The SMILES string of the molecule is C#CCCC(NC(=O)[C@@H]1[C@H]2CCC3(CC3)[C@H]2CN1C(=O)[C@@H](NC(=O)N[C@H](CN(C)S(C)(=O)=O)C(C)(C)C)C1(C)CCCCC1)C(=O)C(=O)NCC=C. The van der Waals surface area contributed by atoms with E-state index in [1.807, 2.05) is 27.7 Å². The number of nitrogens with one attached hydrogen (secondary N) is 4. The number of likely N-dealkylation sites (tertiary alicyclic amines) is 1. The van der Waals surface area contributed by atoms with Crippen LogP contribution >= 0.6 is 0 Å². The van der Waals surface area contributed by atoms with Gasteiger partial charge in [0.2, 0.25) is 27.6 Å². The van der Waals surface area contributed by atoms with Crippen LogP contribution in [0.3, 0.4) is 0 Å². The van der Waals surface area contributed by atoms with Gasteiger partial charge in [-0.05, 0) is 73.0 Å². The lowest BCUT2D eigenvalue weighted by Crippen LogP contribution is -2.63. The van der Waals surface area contributed by atoms with Gasteiger partial charge in [0.05, 0.1) is 12.3 Å². The van der Waals surface area contributed by atoms with Gasteiger partial charge in [-0.1, -0.05) is 53.0 Å². The summed E-state index contributed by atoms with van der Waals surface area (Å²) in [6.07, 6.45) is 16.3. The number of carbonyl (C=O) groups excluding carboxylic acids is 5. The van der Waals surface area contributed by atoms with Gasteiger partial charge >= 0.3 is 6.03 Å². The molecule has 5 amide bonds. The molecule has 0 aromatic heterocycles. The maximum Gasteiger partial charge on any atom is 0.315 e. The molecule has 1 spiro atoms. The minimum atomic E-state index is -3.52. The molecule has 1 aliphatic heterocycles. The van der Waals surface area contributed by atoms with Crippen molar-refractivity contribution in [3.63, 3.8) is 0 Å². The zero-order valence-corrected chi connectivity index (χ0v) is 32.7. The Morgan fingerprint density at radius 1 is 1.04 bits per heavy atom. The maximum absolute atomic E-state index is 15.0. The van der Waals surface area contributed by atoms with Crippen LogP contribution < -0.4 is 21.3 Å². The lowest BCUT2D eigenvalue weighted by molar-refractivity contribution is -0.145. The number of sulfonamides is 1. The van der Waals surface area contributed by atoms with E-state index in [1.165, 1.54) is 17.4 Å². The molecule has 0 aromatic rings. The van der Waals surface area contributed by atoms with E-state index >= 15 is 4.79 Å². The van der Waals surface area contributed by atoms with E-state index in [-0.39, 0.29) is 49.1 Å². The average Bonchev–Trinajstić information content (AvgIpc) is 3.64. The van der Waals surface area contributed by atoms with Crippen LogP contribution in [0, 0.1) is 40.4 Å². The third-order valence-corrected chi connectivity index (χ3v) is 13.6. The number of amides is 5. The molecule has 0 bridgehead atoms. The summed E-state index contributed by atoms with van der Waals surface area (Å²) in [5, 5.41) is 11.3. The maximum atomic E-state index is 15.0. The van der Waals surface area contributed by atoms with Crippen LogP contribution in [0.4, 0.5) is 4.79 Å². The molecular weight excluding hydrogens is 685 g/mol. The first-order valence-electron chi connectivity index (χ1n) is 18.7. The summed E-state index contributed by atoms with van der Waals surface area (Å²) < 4.78 is 25.7. The molecule has 14 heteroatoms. The van der Waals surface area contributed by atoms with Crippen molar-refractivity contribution in [1.29, 1.82) is 0 Å². The van der Waals surface area contributed by atoms with Gasteiger partial charge in [-0.15, -0.1) is 18.9 Å². The van der Waals surface area contributed by atoms with Crippen molar-refractivity contribution >= 4 is 39.6 Å². The standard InChI is InChI=1S/C38H60N6O7S/c1-9-11-15-27(30(45)33(47)39-22-10-2)40-32(46)29-25-16-19-38(20-21-38)26(25)23-44(29)34(48)31(37(6)17-13-12-14-18-37)42-35(49)41-28(36(3,4)5)24-43(7)52(8,50)51/h1,10,25-29,31H,2,11-24H2,3-8H3,(H,39,47)(H,40,46)(H2,41,42,49)/t25-,26-,27?,28+,29-,31+/m0/s1. The largest absolute Gasteiger partial charge is 0.346 e. The number of fused-ring (bicyclic) bond motifs is 2. The van der Waals surface area contributed by atoms with Crippen LogP contribution in [0.25, 0.3) is 0 Å². The van der Waals surface area contributed by atoms with Crippen LogP contribution in [-0.2, 0) is 29.2 Å². The van der Waals surface area contributed by atoms with E-state index in [0.717, 1.165) is 51.2 Å². The number of likely N-dealkylation sites (N-methyl/N-ethyl adjacent to an activating group) is 1. The van der Waals surface area contributed by atoms with Crippen LogP contribution in [0.15, 0.2) is 12.7 Å². The molecule has 0 aromatic carbocycles. The van der Waals surface area contributed by atoms with Crippen molar-refractivity contribution in [2.24, 2.45) is 28.1 Å². The Kier molecular flexibility index (Phi) is 12.9. The van der Waals surface area contributed by atoms with Gasteiger partial charge in [0.25, 0.3) is 5.91 Å². The molecular formula is C38H60N6O7S. The average molecular weight is 745 g/mol. The van der Waals surface area contributed by atoms with Crippen molar-refractivity contribution in [1.82, 2.24) is 30.5 Å². The summed E-state index contributed by atoms with van der Waals surface area (Å²) in [7, 11) is -2.06. The van der Waals surface area contributed by atoms with Crippen molar-refractivity contribution in [3.8, 4) is 12.3 Å². The third-order valence-electron chi connectivity index (χ3n) is 12.3. The predicted molar refractivity (Wildman–Crippen MR) is 199 cm³/mol. The van der Waals surface area contributed by atoms with Gasteiger partial charge in [0.15, 0.2) is 0 Å². The number of ketones is 1. The van der Waals surface area contributed by atoms with Crippen molar-refractivity contribution < 1.29 is 32.4 Å². The first-order valence-corrected chi connectivity index (χ1v) is 20.6. The normalized spacial score (nSPS) is 24.9. The summed E-state index contributed by atoms with van der Waals surface area (Å²) in [5.74, 6) is -0.0606. The molecule has 52 heavy (non-hydrogen) atoms. The zero-order chi connectivity index (χ0) is 38.6. The quantitative estimate of drug-likeness (QED) is 0.113. The van der Waals surface area contributed by atoms with Crippen LogP contribution in [0.5, 0.6) is 0 Å². The van der Waals surface area contributed by atoms with Crippen molar-refractivity contribution in [3.05, 3.63) is 12.7 Å². The highest BCUT2D eigenvalue weighted by Crippen LogP contribution is 2.66. The molecule has 4 fully saturated rings. The molecule has 3 saturated carbocycles. The number of carbonyl (C=O) groups is 5. The number of urea groups is 1. The highest BCUT2D eigenvalue weighted by molar-refractivity contribution is 7.88. The number of nitrogens with zero attached hydrogens (tertiary/aromatic N) is 2. The number of hydrogen-bond acceptors (Lipinski definition) is 7. The van der Waals surface area contributed by atoms with Crippen LogP contribution in [0.2, 0.25) is 0 Å². The van der Waals surface area contributed by atoms with Gasteiger partial charge in [0, 0.05) is 39.1 Å². The number of rotatable bonds is 15. The molecule has 3 aliphatic carbocycles. The predicted octanol–water partition coefficient (Wildman–Crippen LogP) is 2.72. The molecule has 4 N–H and O–H groups in total. The van der Waals surface area contributed by atoms with Crippen LogP contribution in [-0.4, -0.2) is 104 Å². The van der Waals surface area contributed by atoms with Gasteiger partial charge in [-0.2, -0.15) is 0 Å². The summed E-state index contributed by atoms with van der Waals surface area (Å²) in [6, 6.07) is -4.19. The summed E-state index contributed by atoms with van der Waals surface area (Å²) in [5.41, 5.74) is -1.03. The van der Waals surface area contributed by atoms with Gasteiger partial charge in [-0.3, -0.25) is 19.2 Å². The van der Waals surface area contributed by atoms with Gasteiger partial charge in [-0.25, -0.2) is 17.5 Å². The second-order valence-electron chi connectivity index (χ2n) is 17.0. The number of terminal acetylenes is 1. The topological polar surface area (TPSA) is 174 Å². The van der Waals surface area contributed by atoms with Crippen molar-refractivity contribution in [2.75, 3.05) is 32.9 Å². The van der Waals surface area contributed by atoms with E-state index in [2.05, 4.69) is 33.8 Å². The highest BCUT2D eigenvalue weighted by Gasteiger charge is 2.64. The zero-order valence-electron chi connectivity index (χ0n) is 31.9. The minimum Gasteiger partial charge on any atom is -0.346 e. The Balaban J connectivity index is 1.64. The Labute approximate surface area is 310 Å². The fourth-order valence-electron chi connectivity index (χ4n) is 8.67. The molecule has 290 valence electrons. The molecule has 13 nitrogen and oxygen atoms in total. The van der Waals surface area contributed by atoms with Gasteiger partial charge < -0.3 is 26.2 Å². The molecule has 4 aliphatic rings. The number of Topliss-reactive ketones (excluding diaryl/α,β-unsaturated/α-hetero) is 1. The van der Waals surface area contributed by atoms with Crippen LogP contribution in [0.1, 0.15) is 98.3 Å². The molecule has 1 unspecified atom stereocenters. The smallest absolute Gasteiger partial charge is 0.315 e. The Morgan fingerprint density at radius 3 is 2.25 bits per heavy atom. The lowest BCUT2D eigenvalue weighted by atomic mass is 9.70. The second kappa shape index (κ2) is 16.3. The van der Waals surface area contributed by atoms with E-state index < -0.39 is 68.6 Å². The highest BCUT2D eigenvalue weighted by atomic mass is 32.2. The summed E-state index contributed by atoms with van der Waals surface area (Å²) >= 11 is 0. The van der Waals surface area contributed by atoms with Gasteiger partial charge in [0.1, 0.15) is 12.1 Å². The summed E-state index contributed by atoms with van der Waals surface area (Å²) in [6.45, 7) is 11.8. The molecule has 1 saturated heterocycles. The Bertz CT molecular complexity index is 1540. The monoisotopic (exact) mass is 744 g/mol. The first-order chi connectivity index (χ1) is 24.3. The molecule has 0 radical (unpaired) electrons. The van der Waals surface area contributed by atoms with E-state index in [1.54, 1.807) is 4.90 Å². The second-order valence-corrected chi connectivity index (χ2v) is 19.1. The fraction of sp³-hybridized carbons (Fsp3) is 0.763. The molecule has 4 rings (SSSR count).